The first-order valence-corrected chi connectivity index (χ1v) is 7.83. The number of urea groups is 1. The van der Waals surface area contributed by atoms with Gasteiger partial charge in [-0.1, -0.05) is 26.7 Å². The van der Waals surface area contributed by atoms with E-state index in [4.69, 9.17) is 0 Å². The number of carboxylic acids is 1. The molecule has 0 radical (unpaired) electrons. The molecule has 0 spiro atoms. The number of carbonyl (C=O) groups excluding carboxylic acids is 1. The van der Waals surface area contributed by atoms with Gasteiger partial charge in [0.15, 0.2) is 0 Å². The number of likely N-dealkylation sites (tertiary alicyclic amines) is 1. The molecule has 2 fully saturated rings. The number of carbonyl (C=O) groups is 2. The fraction of sp³-hybridized carbons (Fsp3) is 0.867. The van der Waals surface area contributed by atoms with Crippen molar-refractivity contribution in [2.75, 3.05) is 6.54 Å². The average molecular weight is 282 g/mol. The lowest BCUT2D eigenvalue weighted by molar-refractivity contribution is -0.148. The number of nitrogens with one attached hydrogen (secondary N) is 1. The second kappa shape index (κ2) is 6.02. The molecule has 5 heteroatoms. The van der Waals surface area contributed by atoms with Crippen LogP contribution < -0.4 is 5.32 Å². The molecule has 3 atom stereocenters. The Morgan fingerprint density at radius 3 is 2.65 bits per heavy atom. The molecule has 5 nitrogen and oxygen atoms in total. The van der Waals surface area contributed by atoms with E-state index < -0.39 is 11.5 Å². The summed E-state index contributed by atoms with van der Waals surface area (Å²) < 4.78 is 0. The fourth-order valence-corrected chi connectivity index (χ4v) is 3.77. The molecule has 1 aliphatic heterocycles. The van der Waals surface area contributed by atoms with Crippen LogP contribution in [0.15, 0.2) is 0 Å². The van der Waals surface area contributed by atoms with E-state index in [-0.39, 0.29) is 12.1 Å². The molecule has 20 heavy (non-hydrogen) atoms. The molecule has 0 aromatic heterocycles. The third-order valence-corrected chi connectivity index (χ3v) is 4.97. The second-order valence-corrected chi connectivity index (χ2v) is 6.31. The predicted octanol–water partition coefficient (Wildman–Crippen LogP) is 2.60. The van der Waals surface area contributed by atoms with E-state index in [1.807, 2.05) is 6.92 Å². The van der Waals surface area contributed by atoms with Gasteiger partial charge in [0.25, 0.3) is 0 Å². The lowest BCUT2D eigenvalue weighted by Crippen LogP contribution is -2.57. The number of rotatable bonds is 4. The van der Waals surface area contributed by atoms with Crippen molar-refractivity contribution in [3.63, 3.8) is 0 Å². The maximum atomic E-state index is 12.5. The Morgan fingerprint density at radius 2 is 2.10 bits per heavy atom. The minimum atomic E-state index is -0.985. The van der Waals surface area contributed by atoms with E-state index in [0.29, 0.717) is 25.3 Å². The molecular weight excluding hydrogens is 256 g/mol. The zero-order valence-electron chi connectivity index (χ0n) is 12.5. The second-order valence-electron chi connectivity index (χ2n) is 6.31. The van der Waals surface area contributed by atoms with E-state index in [9.17, 15) is 14.7 Å². The Balaban J connectivity index is 2.08. The molecule has 0 aromatic rings. The van der Waals surface area contributed by atoms with Crippen molar-refractivity contribution >= 4 is 12.0 Å². The number of hydrogen-bond donors (Lipinski definition) is 2. The highest BCUT2D eigenvalue weighted by atomic mass is 16.4. The Morgan fingerprint density at radius 1 is 1.35 bits per heavy atom. The highest BCUT2D eigenvalue weighted by Gasteiger charge is 2.49. The number of aliphatic carboxylic acids is 1. The Labute approximate surface area is 120 Å². The summed E-state index contributed by atoms with van der Waals surface area (Å²) in [5.74, 6) is -0.363. The van der Waals surface area contributed by atoms with Crippen LogP contribution in [0, 0.1) is 5.92 Å². The van der Waals surface area contributed by atoms with Crippen molar-refractivity contribution in [3.05, 3.63) is 0 Å². The Bertz CT molecular complexity index is 385. The molecule has 0 bridgehead atoms. The van der Waals surface area contributed by atoms with Crippen LogP contribution in [-0.2, 0) is 4.79 Å². The third kappa shape index (κ3) is 2.63. The van der Waals surface area contributed by atoms with Crippen LogP contribution in [0.25, 0.3) is 0 Å². The zero-order valence-corrected chi connectivity index (χ0v) is 12.5. The topological polar surface area (TPSA) is 69.6 Å². The molecule has 1 aliphatic carbocycles. The van der Waals surface area contributed by atoms with Crippen molar-refractivity contribution in [2.45, 2.75) is 70.4 Å². The summed E-state index contributed by atoms with van der Waals surface area (Å²) in [6, 6.07) is 0.0216. The molecule has 2 aliphatic rings. The summed E-state index contributed by atoms with van der Waals surface area (Å²) in [6.07, 6.45) is 5.96. The molecule has 2 N–H and O–H groups in total. The summed E-state index contributed by atoms with van der Waals surface area (Å²) in [7, 11) is 0. The van der Waals surface area contributed by atoms with Crippen LogP contribution in [-0.4, -0.2) is 40.1 Å². The van der Waals surface area contributed by atoms with Gasteiger partial charge in [0.05, 0.1) is 0 Å². The first-order chi connectivity index (χ1) is 9.51. The maximum absolute atomic E-state index is 12.5. The van der Waals surface area contributed by atoms with E-state index in [1.54, 1.807) is 4.90 Å². The van der Waals surface area contributed by atoms with Gasteiger partial charge in [-0.25, -0.2) is 9.59 Å². The van der Waals surface area contributed by atoms with Crippen LogP contribution >= 0.6 is 0 Å². The Hall–Kier alpha value is -1.26. The molecule has 1 saturated heterocycles. The van der Waals surface area contributed by atoms with Gasteiger partial charge >= 0.3 is 12.0 Å². The molecule has 0 aromatic carbocycles. The molecule has 114 valence electrons. The number of amides is 2. The Kier molecular flexibility index (Phi) is 4.55. The van der Waals surface area contributed by atoms with Gasteiger partial charge in [-0.05, 0) is 38.0 Å². The minimum absolute atomic E-state index is 0.183. The summed E-state index contributed by atoms with van der Waals surface area (Å²) in [4.78, 5) is 25.8. The molecule has 3 unspecified atom stereocenters. The van der Waals surface area contributed by atoms with E-state index in [1.165, 1.54) is 0 Å². The normalized spacial score (nSPS) is 33.4. The summed E-state index contributed by atoms with van der Waals surface area (Å²) in [6.45, 7) is 4.68. The summed E-state index contributed by atoms with van der Waals surface area (Å²) in [5, 5.41) is 12.7. The highest BCUT2D eigenvalue weighted by molar-refractivity contribution is 5.87. The third-order valence-electron chi connectivity index (χ3n) is 4.97. The van der Waals surface area contributed by atoms with Gasteiger partial charge in [0.1, 0.15) is 5.54 Å². The van der Waals surface area contributed by atoms with Gasteiger partial charge in [-0.2, -0.15) is 0 Å². The minimum Gasteiger partial charge on any atom is -0.479 e. The molecule has 2 rings (SSSR count). The molecule has 1 heterocycles. The maximum Gasteiger partial charge on any atom is 0.329 e. The van der Waals surface area contributed by atoms with Gasteiger partial charge in [0.2, 0.25) is 0 Å². The number of carboxylic acid groups (broad SMARTS) is 1. The smallest absolute Gasteiger partial charge is 0.329 e. The largest absolute Gasteiger partial charge is 0.479 e. The fourth-order valence-electron chi connectivity index (χ4n) is 3.77. The first-order valence-electron chi connectivity index (χ1n) is 7.83. The molecular formula is C15H26N2O3. The van der Waals surface area contributed by atoms with Gasteiger partial charge in [0, 0.05) is 12.6 Å². The van der Waals surface area contributed by atoms with Gasteiger partial charge in [-0.15, -0.1) is 0 Å². The average Bonchev–Trinajstić information content (AvgIpc) is 2.98. The van der Waals surface area contributed by atoms with Gasteiger partial charge < -0.3 is 15.3 Å². The summed E-state index contributed by atoms with van der Waals surface area (Å²) in [5.41, 5.74) is -0.985. The quantitative estimate of drug-likeness (QED) is 0.832. The number of hydrogen-bond acceptors (Lipinski definition) is 2. The van der Waals surface area contributed by atoms with Gasteiger partial charge in [-0.3, -0.25) is 0 Å². The lowest BCUT2D eigenvalue weighted by Gasteiger charge is -2.35. The van der Waals surface area contributed by atoms with E-state index in [0.717, 1.165) is 32.1 Å². The van der Waals surface area contributed by atoms with Crippen LogP contribution in [0.2, 0.25) is 0 Å². The summed E-state index contributed by atoms with van der Waals surface area (Å²) >= 11 is 0. The highest BCUT2D eigenvalue weighted by Crippen LogP contribution is 2.34. The SMILES string of the molecule is CCCC1(C(=O)O)CCCN1C(=O)NC1CCCC1C. The number of nitrogens with zero attached hydrogens (tertiary/aromatic N) is 1. The first kappa shape index (κ1) is 15.1. The monoisotopic (exact) mass is 282 g/mol. The predicted molar refractivity (Wildman–Crippen MR) is 76.5 cm³/mol. The van der Waals surface area contributed by atoms with Crippen molar-refractivity contribution in [1.82, 2.24) is 10.2 Å². The zero-order chi connectivity index (χ0) is 14.8. The van der Waals surface area contributed by atoms with Crippen molar-refractivity contribution in [1.29, 1.82) is 0 Å². The lowest BCUT2D eigenvalue weighted by atomic mass is 9.91. The van der Waals surface area contributed by atoms with E-state index in [2.05, 4.69) is 12.2 Å². The van der Waals surface area contributed by atoms with Crippen LogP contribution in [0.3, 0.4) is 0 Å². The van der Waals surface area contributed by atoms with Crippen molar-refractivity contribution in [2.24, 2.45) is 5.92 Å². The standard InChI is InChI=1S/C15H26N2O3/c1-3-8-15(13(18)19)9-5-10-17(15)14(20)16-12-7-4-6-11(12)2/h11-12H,3-10H2,1-2H3,(H,16,20)(H,18,19). The van der Waals surface area contributed by atoms with Crippen LogP contribution in [0.1, 0.15) is 58.8 Å². The molecule has 1 saturated carbocycles. The van der Waals surface area contributed by atoms with E-state index >= 15 is 0 Å². The molecule has 2 amide bonds. The van der Waals surface area contributed by atoms with Crippen LogP contribution in [0.4, 0.5) is 4.79 Å². The van der Waals surface area contributed by atoms with Crippen molar-refractivity contribution < 1.29 is 14.7 Å². The van der Waals surface area contributed by atoms with Crippen molar-refractivity contribution in [3.8, 4) is 0 Å². The van der Waals surface area contributed by atoms with Crippen LogP contribution in [0.5, 0.6) is 0 Å².